The second kappa shape index (κ2) is 6.74. The number of hydrogen-bond donors (Lipinski definition) is 0. The van der Waals surface area contributed by atoms with Crippen LogP contribution in [0.25, 0.3) is 11.3 Å². The average molecular weight is 306 g/mol. The molecule has 0 spiro atoms. The highest BCUT2D eigenvalue weighted by molar-refractivity contribution is 6.25. The highest BCUT2D eigenvalue weighted by atomic mass is 16.2. The van der Waals surface area contributed by atoms with Crippen molar-refractivity contribution in [2.45, 2.75) is 13.0 Å². The molecule has 6 nitrogen and oxygen atoms in total. The third kappa shape index (κ3) is 3.74. The standard InChI is InChI=1S/C17H14N4O2/c22-12-16(23)8-13-3-5-14(6-4-13)10-21-11-17(19-20-21)15-2-1-7-18-9-15/h1-7,9,11-12H,8,10H2. The number of carbonyl (C=O) groups excluding carboxylic acids is 2. The van der Waals surface area contributed by atoms with Crippen molar-refractivity contribution in [1.82, 2.24) is 20.0 Å². The van der Waals surface area contributed by atoms with E-state index in [2.05, 4.69) is 15.3 Å². The Morgan fingerprint density at radius 1 is 1.13 bits per heavy atom. The monoisotopic (exact) mass is 306 g/mol. The van der Waals surface area contributed by atoms with E-state index in [4.69, 9.17) is 0 Å². The summed E-state index contributed by atoms with van der Waals surface area (Å²) in [5.41, 5.74) is 3.54. The lowest BCUT2D eigenvalue weighted by molar-refractivity contribution is -0.129. The molecule has 0 bridgehead atoms. The van der Waals surface area contributed by atoms with Crippen molar-refractivity contribution in [3.63, 3.8) is 0 Å². The Kier molecular flexibility index (Phi) is 4.33. The van der Waals surface area contributed by atoms with E-state index in [0.717, 1.165) is 22.4 Å². The number of nitrogens with zero attached hydrogens (tertiary/aromatic N) is 4. The molecular formula is C17H14N4O2. The van der Waals surface area contributed by atoms with Crippen LogP contribution in [0.1, 0.15) is 11.1 Å². The van der Waals surface area contributed by atoms with Crippen molar-refractivity contribution in [3.8, 4) is 11.3 Å². The Balaban J connectivity index is 1.69. The van der Waals surface area contributed by atoms with Crippen LogP contribution >= 0.6 is 0 Å². The maximum atomic E-state index is 11.1. The predicted octanol–water partition coefficient (Wildman–Crippen LogP) is 1.70. The number of carbonyl (C=O) groups is 2. The molecule has 114 valence electrons. The van der Waals surface area contributed by atoms with Crippen molar-refractivity contribution in [2.24, 2.45) is 0 Å². The number of ketones is 1. The molecule has 0 aliphatic rings. The van der Waals surface area contributed by atoms with Gasteiger partial charge in [-0.2, -0.15) is 0 Å². The zero-order valence-electron chi connectivity index (χ0n) is 12.3. The highest BCUT2D eigenvalue weighted by Crippen LogP contribution is 2.14. The van der Waals surface area contributed by atoms with Gasteiger partial charge in [-0.3, -0.25) is 14.6 Å². The largest absolute Gasteiger partial charge is 0.295 e. The minimum absolute atomic E-state index is 0.137. The van der Waals surface area contributed by atoms with Gasteiger partial charge in [-0.1, -0.05) is 29.5 Å². The van der Waals surface area contributed by atoms with Crippen LogP contribution in [0.4, 0.5) is 0 Å². The van der Waals surface area contributed by atoms with E-state index >= 15 is 0 Å². The van der Waals surface area contributed by atoms with E-state index in [0.29, 0.717) is 12.8 Å². The summed E-state index contributed by atoms with van der Waals surface area (Å²) >= 11 is 0. The Bertz CT molecular complexity index is 810. The maximum Gasteiger partial charge on any atom is 0.199 e. The van der Waals surface area contributed by atoms with E-state index < -0.39 is 5.78 Å². The number of benzene rings is 1. The number of pyridine rings is 1. The summed E-state index contributed by atoms with van der Waals surface area (Å²) in [6.07, 6.45) is 5.81. The summed E-state index contributed by atoms with van der Waals surface area (Å²) in [5.74, 6) is -0.421. The van der Waals surface area contributed by atoms with Crippen LogP contribution in [0.5, 0.6) is 0 Å². The maximum absolute atomic E-state index is 11.1. The van der Waals surface area contributed by atoms with Crippen LogP contribution in [-0.2, 0) is 22.6 Å². The van der Waals surface area contributed by atoms with Gasteiger partial charge in [-0.25, -0.2) is 4.68 Å². The molecule has 0 atom stereocenters. The van der Waals surface area contributed by atoms with Gasteiger partial charge in [-0.05, 0) is 23.3 Å². The average Bonchev–Trinajstić information content (AvgIpc) is 3.06. The van der Waals surface area contributed by atoms with Crippen molar-refractivity contribution in [3.05, 3.63) is 66.1 Å². The first-order valence-corrected chi connectivity index (χ1v) is 7.11. The third-order valence-corrected chi connectivity index (χ3v) is 3.37. The van der Waals surface area contributed by atoms with Gasteiger partial charge in [0.25, 0.3) is 0 Å². The molecule has 1 aromatic carbocycles. The first kappa shape index (κ1) is 14.8. The van der Waals surface area contributed by atoms with Crippen LogP contribution in [0.3, 0.4) is 0 Å². The molecule has 0 radical (unpaired) electrons. The van der Waals surface area contributed by atoms with Gasteiger partial charge in [-0.15, -0.1) is 5.10 Å². The molecule has 0 saturated heterocycles. The quantitative estimate of drug-likeness (QED) is 0.511. The minimum atomic E-state index is -0.421. The zero-order chi connectivity index (χ0) is 16.1. The molecule has 0 fully saturated rings. The number of hydrogen-bond acceptors (Lipinski definition) is 5. The second-order valence-corrected chi connectivity index (χ2v) is 5.12. The van der Waals surface area contributed by atoms with Crippen molar-refractivity contribution in [2.75, 3.05) is 0 Å². The first-order valence-electron chi connectivity index (χ1n) is 7.11. The fourth-order valence-corrected chi connectivity index (χ4v) is 2.21. The lowest BCUT2D eigenvalue weighted by Crippen LogP contribution is -2.04. The van der Waals surface area contributed by atoms with Gasteiger partial charge in [0.15, 0.2) is 12.1 Å². The zero-order valence-corrected chi connectivity index (χ0v) is 12.3. The molecule has 3 rings (SSSR count). The predicted molar refractivity (Wildman–Crippen MR) is 83.6 cm³/mol. The summed E-state index contributed by atoms with van der Waals surface area (Å²) in [5, 5.41) is 8.25. The van der Waals surface area contributed by atoms with Crippen molar-refractivity contribution < 1.29 is 9.59 Å². The van der Waals surface area contributed by atoms with E-state index in [1.54, 1.807) is 17.1 Å². The van der Waals surface area contributed by atoms with Gasteiger partial charge in [0.1, 0.15) is 5.69 Å². The lowest BCUT2D eigenvalue weighted by Gasteiger charge is -2.02. The van der Waals surface area contributed by atoms with Gasteiger partial charge in [0.2, 0.25) is 0 Å². The van der Waals surface area contributed by atoms with E-state index in [9.17, 15) is 9.59 Å². The Morgan fingerprint density at radius 3 is 2.61 bits per heavy atom. The molecule has 23 heavy (non-hydrogen) atoms. The highest BCUT2D eigenvalue weighted by Gasteiger charge is 2.05. The van der Waals surface area contributed by atoms with E-state index in [1.807, 2.05) is 42.6 Å². The summed E-state index contributed by atoms with van der Waals surface area (Å²) in [6.45, 7) is 0.579. The third-order valence-electron chi connectivity index (χ3n) is 3.37. The molecule has 0 saturated carbocycles. The molecule has 6 heteroatoms. The van der Waals surface area contributed by atoms with Crippen LogP contribution < -0.4 is 0 Å². The first-order chi connectivity index (χ1) is 11.2. The number of Topliss-reactive ketones (excluding diaryl/α,β-unsaturated/α-hetero) is 1. The molecular weight excluding hydrogens is 292 g/mol. The summed E-state index contributed by atoms with van der Waals surface area (Å²) in [4.78, 5) is 25.5. The SMILES string of the molecule is O=CC(=O)Cc1ccc(Cn2cc(-c3cccnc3)nn2)cc1. The minimum Gasteiger partial charge on any atom is -0.295 e. The molecule has 3 aromatic rings. The van der Waals surface area contributed by atoms with Crippen LogP contribution in [-0.4, -0.2) is 32.0 Å². The molecule has 0 N–H and O–H groups in total. The second-order valence-electron chi connectivity index (χ2n) is 5.12. The van der Waals surface area contributed by atoms with Crippen molar-refractivity contribution >= 4 is 12.1 Å². The molecule has 2 aromatic heterocycles. The molecule has 0 amide bonds. The van der Waals surface area contributed by atoms with Crippen LogP contribution in [0.2, 0.25) is 0 Å². The van der Waals surface area contributed by atoms with Gasteiger partial charge >= 0.3 is 0 Å². The summed E-state index contributed by atoms with van der Waals surface area (Å²) in [7, 11) is 0. The van der Waals surface area contributed by atoms with Gasteiger partial charge in [0.05, 0.1) is 12.7 Å². The molecule has 0 aliphatic carbocycles. The van der Waals surface area contributed by atoms with Crippen LogP contribution in [0.15, 0.2) is 55.0 Å². The van der Waals surface area contributed by atoms with E-state index in [-0.39, 0.29) is 6.42 Å². The Morgan fingerprint density at radius 2 is 1.91 bits per heavy atom. The van der Waals surface area contributed by atoms with Gasteiger partial charge < -0.3 is 0 Å². The van der Waals surface area contributed by atoms with Gasteiger partial charge in [0, 0.05) is 24.4 Å². The number of aromatic nitrogens is 4. The molecule has 0 aliphatic heterocycles. The summed E-state index contributed by atoms with van der Waals surface area (Å²) in [6, 6.07) is 11.3. The topological polar surface area (TPSA) is 77.7 Å². The molecule has 2 heterocycles. The van der Waals surface area contributed by atoms with Crippen LogP contribution in [0, 0.1) is 0 Å². The lowest BCUT2D eigenvalue weighted by atomic mass is 10.1. The smallest absolute Gasteiger partial charge is 0.199 e. The Labute approximate surface area is 132 Å². The fraction of sp³-hybridized carbons (Fsp3) is 0.118. The normalized spacial score (nSPS) is 10.4. The Hall–Kier alpha value is -3.15. The number of aldehydes is 1. The summed E-state index contributed by atoms with van der Waals surface area (Å²) < 4.78 is 1.74. The molecule has 0 unspecified atom stereocenters. The van der Waals surface area contributed by atoms with Crippen molar-refractivity contribution in [1.29, 1.82) is 0 Å². The van der Waals surface area contributed by atoms with E-state index in [1.165, 1.54) is 0 Å². The fourth-order valence-electron chi connectivity index (χ4n) is 2.21. The number of rotatable bonds is 6.